The molecule has 0 spiro atoms. The molecule has 20 heavy (non-hydrogen) atoms. The van der Waals surface area contributed by atoms with Gasteiger partial charge in [-0.15, -0.1) is 0 Å². The van der Waals surface area contributed by atoms with Crippen molar-refractivity contribution in [1.82, 2.24) is 4.98 Å². The molecular formula is C14H21Cl2N3O. The number of pyridine rings is 1. The maximum Gasteiger partial charge on any atom is 0.147 e. The molecule has 0 radical (unpaired) electrons. The monoisotopic (exact) mass is 317 g/mol. The van der Waals surface area contributed by atoms with E-state index < -0.39 is 0 Å². The maximum absolute atomic E-state index is 10.2. The number of aromatic nitrogens is 1. The van der Waals surface area contributed by atoms with E-state index >= 15 is 0 Å². The van der Waals surface area contributed by atoms with Crippen molar-refractivity contribution in [3.05, 3.63) is 16.1 Å². The molecule has 112 valence electrons. The van der Waals surface area contributed by atoms with E-state index in [0.717, 1.165) is 32.2 Å². The average Bonchev–Trinajstić information content (AvgIpc) is 2.61. The van der Waals surface area contributed by atoms with Gasteiger partial charge < -0.3 is 15.7 Å². The highest BCUT2D eigenvalue weighted by Gasteiger charge is 2.23. The smallest absolute Gasteiger partial charge is 0.147 e. The van der Waals surface area contributed by atoms with Gasteiger partial charge in [-0.3, -0.25) is 0 Å². The lowest BCUT2D eigenvalue weighted by molar-refractivity contribution is 0.144. The summed E-state index contributed by atoms with van der Waals surface area (Å²) >= 11 is 12.3. The number of nitrogens with zero attached hydrogens (tertiary/aromatic N) is 1. The standard InChI is InChI=1S/C14H21Cl2N3O/c1-2-17-13-9(15)8-10(16)14(19-13)18-11-6-4-3-5-7-12(11)20/h8,11-12,20H,2-7H2,1H3,(H2,17,18,19). The minimum atomic E-state index is -0.353. The van der Waals surface area contributed by atoms with E-state index in [9.17, 15) is 5.11 Å². The lowest BCUT2D eigenvalue weighted by Crippen LogP contribution is -2.33. The Bertz CT molecular complexity index is 456. The van der Waals surface area contributed by atoms with Gasteiger partial charge in [0.1, 0.15) is 11.6 Å². The molecule has 0 amide bonds. The molecule has 4 nitrogen and oxygen atoms in total. The quantitative estimate of drug-likeness (QED) is 0.736. The van der Waals surface area contributed by atoms with Crippen molar-refractivity contribution in [1.29, 1.82) is 0 Å². The molecule has 1 aliphatic rings. The summed E-state index contributed by atoms with van der Waals surface area (Å²) in [6, 6.07) is 1.68. The fraction of sp³-hybridized carbons (Fsp3) is 0.643. The molecule has 6 heteroatoms. The normalized spacial score (nSPS) is 23.2. The molecule has 1 aromatic heterocycles. The van der Waals surface area contributed by atoms with E-state index in [4.69, 9.17) is 23.2 Å². The lowest BCUT2D eigenvalue weighted by Gasteiger charge is -2.23. The van der Waals surface area contributed by atoms with Crippen LogP contribution in [0.1, 0.15) is 39.0 Å². The molecule has 1 aromatic rings. The van der Waals surface area contributed by atoms with Crippen LogP contribution in [0.5, 0.6) is 0 Å². The topological polar surface area (TPSA) is 57.2 Å². The van der Waals surface area contributed by atoms with Crippen molar-refractivity contribution in [2.45, 2.75) is 51.2 Å². The van der Waals surface area contributed by atoms with Crippen molar-refractivity contribution >= 4 is 34.8 Å². The number of aliphatic hydroxyl groups excluding tert-OH is 1. The van der Waals surface area contributed by atoms with E-state index in [1.165, 1.54) is 6.42 Å². The molecule has 1 saturated carbocycles. The first-order valence-corrected chi connectivity index (χ1v) is 7.92. The summed E-state index contributed by atoms with van der Waals surface area (Å²) in [7, 11) is 0. The van der Waals surface area contributed by atoms with Crippen LogP contribution in [0, 0.1) is 0 Å². The minimum absolute atomic E-state index is 0.00171. The SMILES string of the molecule is CCNc1nc(NC2CCCCCC2O)c(Cl)cc1Cl. The molecule has 1 fully saturated rings. The second-order valence-electron chi connectivity index (χ2n) is 5.14. The fourth-order valence-electron chi connectivity index (χ4n) is 2.49. The van der Waals surface area contributed by atoms with Crippen LogP contribution in [0.4, 0.5) is 11.6 Å². The number of nitrogens with one attached hydrogen (secondary N) is 2. The van der Waals surface area contributed by atoms with Crippen LogP contribution in [0.3, 0.4) is 0 Å². The predicted octanol–water partition coefficient (Wildman–Crippen LogP) is 3.93. The number of rotatable bonds is 4. The molecule has 2 atom stereocenters. The lowest BCUT2D eigenvalue weighted by atomic mass is 10.1. The third kappa shape index (κ3) is 3.90. The second kappa shape index (κ2) is 7.34. The van der Waals surface area contributed by atoms with Crippen molar-refractivity contribution in [3.8, 4) is 0 Å². The van der Waals surface area contributed by atoms with Crippen LogP contribution < -0.4 is 10.6 Å². The van der Waals surface area contributed by atoms with Gasteiger partial charge >= 0.3 is 0 Å². The molecule has 0 aromatic carbocycles. The summed E-state index contributed by atoms with van der Waals surface area (Å²) < 4.78 is 0. The molecule has 2 rings (SSSR count). The first-order chi connectivity index (χ1) is 9.61. The Labute approximate surface area is 129 Å². The van der Waals surface area contributed by atoms with E-state index in [1.54, 1.807) is 6.07 Å². The molecule has 3 N–H and O–H groups in total. The minimum Gasteiger partial charge on any atom is -0.391 e. The van der Waals surface area contributed by atoms with Gasteiger partial charge in [-0.25, -0.2) is 4.98 Å². The van der Waals surface area contributed by atoms with Crippen LogP contribution in [-0.2, 0) is 0 Å². The Morgan fingerprint density at radius 1 is 1.20 bits per heavy atom. The first-order valence-electron chi connectivity index (χ1n) is 7.16. The highest BCUT2D eigenvalue weighted by Crippen LogP contribution is 2.31. The number of hydrogen-bond acceptors (Lipinski definition) is 4. The summed E-state index contributed by atoms with van der Waals surface area (Å²) in [5.74, 6) is 1.20. The Morgan fingerprint density at radius 2 is 1.90 bits per heavy atom. The molecule has 0 aliphatic heterocycles. The third-order valence-electron chi connectivity index (χ3n) is 3.58. The fourth-order valence-corrected chi connectivity index (χ4v) is 2.97. The van der Waals surface area contributed by atoms with Crippen molar-refractivity contribution in [2.75, 3.05) is 17.2 Å². The molecule has 0 bridgehead atoms. The average molecular weight is 318 g/mol. The van der Waals surface area contributed by atoms with Gasteiger partial charge in [-0.1, -0.05) is 42.5 Å². The Kier molecular flexibility index (Phi) is 5.75. The molecule has 1 heterocycles. The zero-order valence-electron chi connectivity index (χ0n) is 11.6. The zero-order chi connectivity index (χ0) is 14.5. The summed E-state index contributed by atoms with van der Waals surface area (Å²) in [5, 5.41) is 17.5. The number of anilines is 2. The summed E-state index contributed by atoms with van der Waals surface area (Å²) in [5.41, 5.74) is 0. The zero-order valence-corrected chi connectivity index (χ0v) is 13.1. The van der Waals surface area contributed by atoms with E-state index in [-0.39, 0.29) is 12.1 Å². The van der Waals surface area contributed by atoms with Crippen LogP contribution in [0.2, 0.25) is 10.0 Å². The Hall–Kier alpha value is -0.710. The maximum atomic E-state index is 10.2. The molecule has 2 unspecified atom stereocenters. The van der Waals surface area contributed by atoms with E-state index in [0.29, 0.717) is 21.7 Å². The van der Waals surface area contributed by atoms with Gasteiger partial charge in [-0.2, -0.15) is 0 Å². The molecule has 1 aliphatic carbocycles. The van der Waals surface area contributed by atoms with Gasteiger partial charge in [-0.05, 0) is 25.8 Å². The van der Waals surface area contributed by atoms with Crippen LogP contribution in [0.25, 0.3) is 0 Å². The molecule has 0 saturated heterocycles. The first kappa shape index (κ1) is 15.7. The third-order valence-corrected chi connectivity index (χ3v) is 4.15. The van der Waals surface area contributed by atoms with Crippen molar-refractivity contribution in [2.24, 2.45) is 0 Å². The highest BCUT2D eigenvalue weighted by atomic mass is 35.5. The summed E-state index contributed by atoms with van der Waals surface area (Å²) in [6.45, 7) is 2.72. The Balaban J connectivity index is 2.16. The molecular weight excluding hydrogens is 297 g/mol. The van der Waals surface area contributed by atoms with Gasteiger partial charge in [0.05, 0.1) is 22.2 Å². The largest absolute Gasteiger partial charge is 0.391 e. The van der Waals surface area contributed by atoms with Crippen LogP contribution >= 0.6 is 23.2 Å². The van der Waals surface area contributed by atoms with Crippen molar-refractivity contribution < 1.29 is 5.11 Å². The number of halogens is 2. The number of hydrogen-bond donors (Lipinski definition) is 3. The van der Waals surface area contributed by atoms with Crippen molar-refractivity contribution in [3.63, 3.8) is 0 Å². The van der Waals surface area contributed by atoms with E-state index in [1.807, 2.05) is 6.92 Å². The van der Waals surface area contributed by atoms with Crippen LogP contribution in [0.15, 0.2) is 6.07 Å². The second-order valence-corrected chi connectivity index (χ2v) is 5.95. The van der Waals surface area contributed by atoms with Gasteiger partial charge in [0.2, 0.25) is 0 Å². The van der Waals surface area contributed by atoms with Gasteiger partial charge in [0, 0.05) is 6.54 Å². The Morgan fingerprint density at radius 3 is 2.65 bits per heavy atom. The summed E-state index contributed by atoms with van der Waals surface area (Å²) in [6.07, 6.45) is 4.75. The predicted molar refractivity (Wildman–Crippen MR) is 84.9 cm³/mol. The van der Waals surface area contributed by atoms with Crippen LogP contribution in [-0.4, -0.2) is 28.8 Å². The van der Waals surface area contributed by atoms with Gasteiger partial charge in [0.15, 0.2) is 0 Å². The summed E-state index contributed by atoms with van der Waals surface area (Å²) in [4.78, 5) is 4.42. The van der Waals surface area contributed by atoms with Gasteiger partial charge in [0.25, 0.3) is 0 Å². The van der Waals surface area contributed by atoms with E-state index in [2.05, 4.69) is 15.6 Å². The number of aliphatic hydroxyl groups is 1. The highest BCUT2D eigenvalue weighted by molar-refractivity contribution is 6.37.